The first-order valence-corrected chi connectivity index (χ1v) is 7.50. The summed E-state index contributed by atoms with van der Waals surface area (Å²) in [6, 6.07) is 6.71. The molecule has 1 fully saturated rings. The molecule has 0 bridgehead atoms. The van der Waals surface area contributed by atoms with E-state index in [0.29, 0.717) is 12.6 Å². The average Bonchev–Trinajstić information content (AvgIpc) is 2.98. The van der Waals surface area contributed by atoms with Crippen molar-refractivity contribution in [3.8, 4) is 11.5 Å². The molecule has 1 N–H and O–H groups in total. The molecule has 1 aromatic rings. The molecule has 0 aliphatic heterocycles. The Balaban J connectivity index is 1.82. The second kappa shape index (κ2) is 7.95. The zero-order chi connectivity index (χ0) is 14.2. The number of allylic oxidation sites excluding steroid dienone is 1. The van der Waals surface area contributed by atoms with Crippen LogP contribution in [0.3, 0.4) is 0 Å². The maximum Gasteiger partial charge on any atom is 0.161 e. The number of methoxy groups -OCH3 is 1. The van der Waals surface area contributed by atoms with Gasteiger partial charge < -0.3 is 14.8 Å². The molecule has 1 aliphatic carbocycles. The predicted octanol–water partition coefficient (Wildman–Crippen LogP) is 3.64. The van der Waals surface area contributed by atoms with Gasteiger partial charge in [-0.05, 0) is 37.5 Å². The molecule has 0 unspecified atom stereocenters. The Morgan fingerprint density at radius 1 is 1.25 bits per heavy atom. The van der Waals surface area contributed by atoms with Gasteiger partial charge in [-0.15, -0.1) is 0 Å². The van der Waals surface area contributed by atoms with E-state index in [4.69, 9.17) is 9.47 Å². The van der Waals surface area contributed by atoms with Crippen molar-refractivity contribution in [2.45, 2.75) is 38.6 Å². The molecule has 110 valence electrons. The molecule has 1 aromatic carbocycles. The van der Waals surface area contributed by atoms with E-state index in [1.54, 1.807) is 7.11 Å². The fraction of sp³-hybridized carbons (Fsp3) is 0.529. The molecule has 20 heavy (non-hydrogen) atoms. The molecule has 0 spiro atoms. The van der Waals surface area contributed by atoms with E-state index in [1.807, 2.05) is 37.3 Å². The topological polar surface area (TPSA) is 30.5 Å². The molecule has 2 rings (SSSR count). The summed E-state index contributed by atoms with van der Waals surface area (Å²) >= 11 is 0. The average molecular weight is 275 g/mol. The Kier molecular flexibility index (Phi) is 5.93. The van der Waals surface area contributed by atoms with Crippen molar-refractivity contribution < 1.29 is 9.47 Å². The lowest BCUT2D eigenvalue weighted by atomic mass is 10.2. The molecule has 0 radical (unpaired) electrons. The maximum atomic E-state index is 5.81. The molecular weight excluding hydrogens is 250 g/mol. The first-order chi connectivity index (χ1) is 9.83. The summed E-state index contributed by atoms with van der Waals surface area (Å²) in [4.78, 5) is 0. The Hall–Kier alpha value is -1.48. The molecule has 0 heterocycles. The molecule has 0 saturated heterocycles. The van der Waals surface area contributed by atoms with Gasteiger partial charge in [0.25, 0.3) is 0 Å². The lowest BCUT2D eigenvalue weighted by Gasteiger charge is -2.14. The first kappa shape index (κ1) is 14.9. The Labute approximate surface area is 122 Å². The van der Waals surface area contributed by atoms with Gasteiger partial charge in [0.05, 0.1) is 7.11 Å². The molecule has 0 atom stereocenters. The lowest BCUT2D eigenvalue weighted by molar-refractivity contribution is 0.286. The van der Waals surface area contributed by atoms with E-state index in [1.165, 1.54) is 25.7 Å². The van der Waals surface area contributed by atoms with Gasteiger partial charge in [0.2, 0.25) is 0 Å². The fourth-order valence-corrected chi connectivity index (χ4v) is 2.65. The molecule has 0 aromatic heterocycles. The number of rotatable bonds is 7. The molecular formula is C17H25NO2. The van der Waals surface area contributed by atoms with Crippen molar-refractivity contribution in [3.05, 3.63) is 29.8 Å². The molecule has 3 nitrogen and oxygen atoms in total. The minimum atomic E-state index is 0.676. The van der Waals surface area contributed by atoms with Crippen LogP contribution in [0.5, 0.6) is 11.5 Å². The van der Waals surface area contributed by atoms with Crippen LogP contribution < -0.4 is 14.8 Å². The summed E-state index contributed by atoms with van der Waals surface area (Å²) < 4.78 is 11.2. The largest absolute Gasteiger partial charge is 0.493 e. The number of hydrogen-bond acceptors (Lipinski definition) is 3. The maximum absolute atomic E-state index is 5.81. The summed E-state index contributed by atoms with van der Waals surface area (Å²) in [5, 5.41) is 3.54. The van der Waals surface area contributed by atoms with E-state index in [2.05, 4.69) is 5.32 Å². The predicted molar refractivity (Wildman–Crippen MR) is 83.5 cm³/mol. The lowest BCUT2D eigenvalue weighted by Crippen LogP contribution is -2.30. The molecule has 3 heteroatoms. The molecule has 1 aliphatic rings. The van der Waals surface area contributed by atoms with Gasteiger partial charge in [0.15, 0.2) is 11.5 Å². The van der Waals surface area contributed by atoms with Gasteiger partial charge >= 0.3 is 0 Å². The van der Waals surface area contributed by atoms with E-state index < -0.39 is 0 Å². The minimum absolute atomic E-state index is 0.676. The van der Waals surface area contributed by atoms with E-state index in [9.17, 15) is 0 Å². The van der Waals surface area contributed by atoms with Crippen LogP contribution in [0, 0.1) is 0 Å². The molecule has 1 saturated carbocycles. The highest BCUT2D eigenvalue weighted by molar-refractivity contribution is 5.55. The number of nitrogens with one attached hydrogen (secondary N) is 1. The SMILES string of the molecule is C/C=C/c1ccc(OCCNC2CCCC2)c(OC)c1. The van der Waals surface area contributed by atoms with Crippen LogP contribution in [0.4, 0.5) is 0 Å². The zero-order valence-electron chi connectivity index (χ0n) is 12.5. The fourth-order valence-electron chi connectivity index (χ4n) is 2.65. The Bertz CT molecular complexity index is 437. The zero-order valence-corrected chi connectivity index (χ0v) is 12.5. The minimum Gasteiger partial charge on any atom is -0.493 e. The monoisotopic (exact) mass is 275 g/mol. The third-order valence-electron chi connectivity index (χ3n) is 3.69. The van der Waals surface area contributed by atoms with Crippen molar-refractivity contribution in [1.82, 2.24) is 5.32 Å². The summed E-state index contributed by atoms with van der Waals surface area (Å²) in [7, 11) is 1.68. The Morgan fingerprint density at radius 3 is 2.75 bits per heavy atom. The van der Waals surface area contributed by atoms with Crippen molar-refractivity contribution >= 4 is 6.08 Å². The summed E-state index contributed by atoms with van der Waals surface area (Å²) in [6.07, 6.45) is 9.40. The second-order valence-electron chi connectivity index (χ2n) is 5.19. The van der Waals surface area contributed by atoms with Crippen LogP contribution in [0.25, 0.3) is 6.08 Å². The number of benzene rings is 1. The smallest absolute Gasteiger partial charge is 0.161 e. The summed E-state index contributed by atoms with van der Waals surface area (Å²) in [5.41, 5.74) is 1.13. The Morgan fingerprint density at radius 2 is 2.05 bits per heavy atom. The number of ether oxygens (including phenoxy) is 2. The van der Waals surface area contributed by atoms with Crippen LogP contribution in [-0.2, 0) is 0 Å². The standard InChI is InChI=1S/C17H25NO2/c1-3-6-14-9-10-16(17(13-14)19-2)20-12-11-18-15-7-4-5-8-15/h3,6,9-10,13,15,18H,4-5,7-8,11-12H2,1-2H3/b6-3+. The van der Waals surface area contributed by atoms with Crippen molar-refractivity contribution in [2.24, 2.45) is 0 Å². The van der Waals surface area contributed by atoms with Gasteiger partial charge in [-0.1, -0.05) is 31.1 Å². The van der Waals surface area contributed by atoms with Gasteiger partial charge in [-0.25, -0.2) is 0 Å². The van der Waals surface area contributed by atoms with Crippen molar-refractivity contribution in [2.75, 3.05) is 20.3 Å². The van der Waals surface area contributed by atoms with E-state index in [0.717, 1.165) is 23.6 Å². The van der Waals surface area contributed by atoms with Crippen LogP contribution in [0.2, 0.25) is 0 Å². The van der Waals surface area contributed by atoms with Crippen LogP contribution >= 0.6 is 0 Å². The van der Waals surface area contributed by atoms with Crippen LogP contribution in [-0.4, -0.2) is 26.3 Å². The third-order valence-corrected chi connectivity index (χ3v) is 3.69. The second-order valence-corrected chi connectivity index (χ2v) is 5.19. The highest BCUT2D eigenvalue weighted by Crippen LogP contribution is 2.28. The third kappa shape index (κ3) is 4.27. The van der Waals surface area contributed by atoms with Crippen molar-refractivity contribution in [1.29, 1.82) is 0 Å². The van der Waals surface area contributed by atoms with E-state index in [-0.39, 0.29) is 0 Å². The summed E-state index contributed by atoms with van der Waals surface area (Å²) in [5.74, 6) is 1.61. The number of hydrogen-bond donors (Lipinski definition) is 1. The molecule has 0 amide bonds. The normalized spacial score (nSPS) is 15.9. The van der Waals surface area contributed by atoms with Gasteiger partial charge in [0, 0.05) is 12.6 Å². The van der Waals surface area contributed by atoms with Crippen LogP contribution in [0.1, 0.15) is 38.2 Å². The quantitative estimate of drug-likeness (QED) is 0.771. The summed E-state index contributed by atoms with van der Waals surface area (Å²) in [6.45, 7) is 3.58. The first-order valence-electron chi connectivity index (χ1n) is 7.50. The van der Waals surface area contributed by atoms with Crippen molar-refractivity contribution in [3.63, 3.8) is 0 Å². The van der Waals surface area contributed by atoms with Crippen LogP contribution in [0.15, 0.2) is 24.3 Å². The van der Waals surface area contributed by atoms with Gasteiger partial charge in [-0.2, -0.15) is 0 Å². The highest BCUT2D eigenvalue weighted by atomic mass is 16.5. The van der Waals surface area contributed by atoms with E-state index >= 15 is 0 Å². The highest BCUT2D eigenvalue weighted by Gasteiger charge is 2.13. The van der Waals surface area contributed by atoms with Gasteiger partial charge in [0.1, 0.15) is 6.61 Å². The van der Waals surface area contributed by atoms with Gasteiger partial charge in [-0.3, -0.25) is 0 Å².